The average Bonchev–Trinajstić information content (AvgIpc) is 2.60. The number of nitrogens with one attached hydrogen (secondary N) is 2. The van der Waals surface area contributed by atoms with Gasteiger partial charge in [0.2, 0.25) is 5.75 Å². The van der Waals surface area contributed by atoms with E-state index in [0.717, 1.165) is 30.8 Å². The molecule has 1 heterocycles. The number of hydrogen-bond donors (Lipinski definition) is 1. The molecular formula is C18H26N2O3+2. The molecule has 1 unspecified atom stereocenters. The molecule has 5 nitrogen and oxygen atoms in total. The van der Waals surface area contributed by atoms with Crippen molar-refractivity contribution < 1.29 is 24.1 Å². The zero-order valence-electron chi connectivity index (χ0n) is 14.3. The molecule has 0 fully saturated rings. The molecule has 2 rings (SSSR count). The molecule has 0 aliphatic rings. The van der Waals surface area contributed by atoms with Gasteiger partial charge in [0.05, 0.1) is 46.9 Å². The van der Waals surface area contributed by atoms with Crippen molar-refractivity contribution in [3.63, 3.8) is 0 Å². The van der Waals surface area contributed by atoms with Gasteiger partial charge in [-0.2, -0.15) is 0 Å². The lowest BCUT2D eigenvalue weighted by Gasteiger charge is -2.18. The summed E-state index contributed by atoms with van der Waals surface area (Å²) in [6.07, 6.45) is 2.96. The van der Waals surface area contributed by atoms with Gasteiger partial charge in [0.15, 0.2) is 23.4 Å². The molecule has 2 aromatic rings. The highest BCUT2D eigenvalue weighted by molar-refractivity contribution is 5.55. The summed E-state index contributed by atoms with van der Waals surface area (Å²) < 4.78 is 16.3. The number of hydrogen-bond acceptors (Lipinski definition) is 3. The van der Waals surface area contributed by atoms with Crippen molar-refractivity contribution in [2.45, 2.75) is 13.0 Å². The second-order valence-corrected chi connectivity index (χ2v) is 5.52. The van der Waals surface area contributed by atoms with Crippen molar-refractivity contribution in [2.75, 3.05) is 34.9 Å². The number of aromatic nitrogens is 1. The molecule has 0 aliphatic heterocycles. The quantitative estimate of drug-likeness (QED) is 0.782. The minimum Gasteiger partial charge on any atom is -0.493 e. The van der Waals surface area contributed by atoms with E-state index in [2.05, 4.69) is 24.2 Å². The standard InChI is InChI=1S/C18H24N2O3/c1-20(12-10-15-7-5-6-11-19-15)13-14-8-9-16(21-2)18(23-4)17(14)22-3/h5-9,11H,10,12-13H2,1-4H3/p+2. The normalized spacial score (nSPS) is 11.8. The van der Waals surface area contributed by atoms with Crippen LogP contribution in [0.15, 0.2) is 36.5 Å². The molecule has 23 heavy (non-hydrogen) atoms. The third kappa shape index (κ3) is 4.36. The smallest absolute Gasteiger partial charge is 0.203 e. The molecule has 0 spiro atoms. The molecule has 0 bridgehead atoms. The van der Waals surface area contributed by atoms with Crippen molar-refractivity contribution in [1.82, 2.24) is 0 Å². The number of pyridine rings is 1. The maximum Gasteiger partial charge on any atom is 0.203 e. The summed E-state index contributed by atoms with van der Waals surface area (Å²) in [6, 6.07) is 10.1. The lowest BCUT2D eigenvalue weighted by molar-refractivity contribution is -0.893. The number of quaternary nitrogens is 1. The Bertz CT molecular complexity index is 617. The number of aromatic amines is 1. The van der Waals surface area contributed by atoms with Crippen LogP contribution in [0.3, 0.4) is 0 Å². The first-order valence-corrected chi connectivity index (χ1v) is 7.74. The van der Waals surface area contributed by atoms with Gasteiger partial charge in [0.25, 0.3) is 0 Å². The molecule has 0 saturated carbocycles. The highest BCUT2D eigenvalue weighted by atomic mass is 16.5. The minimum atomic E-state index is 0.650. The summed E-state index contributed by atoms with van der Waals surface area (Å²) >= 11 is 0. The van der Waals surface area contributed by atoms with Crippen molar-refractivity contribution in [1.29, 1.82) is 0 Å². The molecule has 0 radical (unpaired) electrons. The summed E-state index contributed by atoms with van der Waals surface area (Å²) in [6.45, 7) is 1.88. The Balaban J connectivity index is 2.06. The molecule has 0 saturated heterocycles. The van der Waals surface area contributed by atoms with E-state index in [4.69, 9.17) is 14.2 Å². The highest BCUT2D eigenvalue weighted by Gasteiger charge is 2.18. The number of rotatable bonds is 8. The first kappa shape index (κ1) is 17.1. The zero-order chi connectivity index (χ0) is 16.7. The lowest BCUT2D eigenvalue weighted by Crippen LogP contribution is -3.07. The summed E-state index contributed by atoms with van der Waals surface area (Å²) in [5.41, 5.74) is 2.35. The minimum absolute atomic E-state index is 0.650. The fraction of sp³-hybridized carbons (Fsp3) is 0.389. The molecule has 124 valence electrons. The van der Waals surface area contributed by atoms with E-state index in [1.807, 2.05) is 24.4 Å². The van der Waals surface area contributed by atoms with Crippen LogP contribution in [-0.2, 0) is 13.0 Å². The number of likely N-dealkylation sites (N-methyl/N-ethyl adjacent to an activating group) is 1. The lowest BCUT2D eigenvalue weighted by atomic mass is 10.1. The Morgan fingerprint density at radius 2 is 1.74 bits per heavy atom. The van der Waals surface area contributed by atoms with Gasteiger partial charge in [-0.3, -0.25) is 0 Å². The largest absolute Gasteiger partial charge is 0.493 e. The fourth-order valence-electron chi connectivity index (χ4n) is 2.65. The molecule has 0 amide bonds. The Morgan fingerprint density at radius 1 is 0.957 bits per heavy atom. The SMILES string of the molecule is COc1ccc(C[NH+](C)CCc2cccc[nH+]2)c(OC)c1OC. The Morgan fingerprint density at radius 3 is 2.35 bits per heavy atom. The summed E-state index contributed by atoms with van der Waals surface area (Å²) in [7, 11) is 7.10. The first-order valence-electron chi connectivity index (χ1n) is 7.74. The van der Waals surface area contributed by atoms with Gasteiger partial charge < -0.3 is 19.1 Å². The van der Waals surface area contributed by atoms with Crippen molar-refractivity contribution in [3.05, 3.63) is 47.8 Å². The van der Waals surface area contributed by atoms with Gasteiger partial charge in [0, 0.05) is 12.1 Å². The van der Waals surface area contributed by atoms with Crippen LogP contribution in [0.4, 0.5) is 0 Å². The van der Waals surface area contributed by atoms with Gasteiger partial charge in [-0.05, 0) is 12.1 Å². The van der Waals surface area contributed by atoms with E-state index >= 15 is 0 Å². The number of ether oxygens (including phenoxy) is 3. The Hall–Kier alpha value is -2.27. The summed E-state index contributed by atoms with van der Waals surface area (Å²) in [4.78, 5) is 4.67. The van der Waals surface area contributed by atoms with Crippen LogP contribution in [-0.4, -0.2) is 34.9 Å². The molecule has 0 aliphatic carbocycles. The van der Waals surface area contributed by atoms with Gasteiger partial charge in [0.1, 0.15) is 6.54 Å². The maximum atomic E-state index is 5.55. The number of benzene rings is 1. The predicted octanol–water partition coefficient (Wildman–Crippen LogP) is 0.784. The van der Waals surface area contributed by atoms with E-state index < -0.39 is 0 Å². The van der Waals surface area contributed by atoms with Gasteiger partial charge in [-0.25, -0.2) is 4.98 Å². The zero-order valence-corrected chi connectivity index (χ0v) is 14.3. The monoisotopic (exact) mass is 318 g/mol. The molecular weight excluding hydrogens is 292 g/mol. The van der Waals surface area contributed by atoms with Crippen LogP contribution in [0.1, 0.15) is 11.3 Å². The summed E-state index contributed by atoms with van der Waals surface area (Å²) in [5, 5.41) is 0. The van der Waals surface area contributed by atoms with Crippen LogP contribution in [0.5, 0.6) is 17.2 Å². The van der Waals surface area contributed by atoms with E-state index in [9.17, 15) is 0 Å². The maximum absolute atomic E-state index is 5.55. The van der Waals surface area contributed by atoms with Crippen LogP contribution in [0.2, 0.25) is 0 Å². The molecule has 1 atom stereocenters. The van der Waals surface area contributed by atoms with E-state index in [1.165, 1.54) is 10.6 Å². The van der Waals surface area contributed by atoms with Crippen molar-refractivity contribution in [3.8, 4) is 17.2 Å². The topological polar surface area (TPSA) is 46.3 Å². The molecule has 2 N–H and O–H groups in total. The Labute approximate surface area is 137 Å². The fourth-order valence-corrected chi connectivity index (χ4v) is 2.65. The Kier molecular flexibility index (Phi) is 6.23. The second-order valence-electron chi connectivity index (χ2n) is 5.52. The average molecular weight is 318 g/mol. The number of H-pyrrole nitrogens is 1. The van der Waals surface area contributed by atoms with E-state index in [-0.39, 0.29) is 0 Å². The van der Waals surface area contributed by atoms with Gasteiger partial charge in [-0.1, -0.05) is 6.07 Å². The van der Waals surface area contributed by atoms with E-state index in [0.29, 0.717) is 11.5 Å². The van der Waals surface area contributed by atoms with E-state index in [1.54, 1.807) is 21.3 Å². The van der Waals surface area contributed by atoms with Gasteiger partial charge in [-0.15, -0.1) is 0 Å². The van der Waals surface area contributed by atoms with Crippen LogP contribution < -0.4 is 24.1 Å². The van der Waals surface area contributed by atoms with Crippen LogP contribution in [0.25, 0.3) is 0 Å². The third-order valence-corrected chi connectivity index (χ3v) is 3.87. The van der Waals surface area contributed by atoms with Crippen molar-refractivity contribution >= 4 is 0 Å². The van der Waals surface area contributed by atoms with Crippen molar-refractivity contribution in [2.24, 2.45) is 0 Å². The summed E-state index contributed by atoms with van der Waals surface area (Å²) in [5.74, 6) is 2.08. The third-order valence-electron chi connectivity index (χ3n) is 3.87. The predicted molar refractivity (Wildman–Crippen MR) is 88.3 cm³/mol. The first-order chi connectivity index (χ1) is 11.2. The highest BCUT2D eigenvalue weighted by Crippen LogP contribution is 2.39. The van der Waals surface area contributed by atoms with Crippen LogP contribution >= 0.6 is 0 Å². The molecule has 1 aromatic carbocycles. The van der Waals surface area contributed by atoms with Crippen LogP contribution in [0, 0.1) is 0 Å². The van der Waals surface area contributed by atoms with Gasteiger partial charge >= 0.3 is 0 Å². The second kappa shape index (κ2) is 8.39. The molecule has 1 aromatic heterocycles. The number of methoxy groups -OCH3 is 3. The molecule has 5 heteroatoms.